The molecule has 0 aliphatic carbocycles. The van der Waals surface area contributed by atoms with Crippen molar-refractivity contribution in [2.75, 3.05) is 6.61 Å². The van der Waals surface area contributed by atoms with Crippen molar-refractivity contribution in [2.24, 2.45) is 0 Å². The van der Waals surface area contributed by atoms with E-state index in [2.05, 4.69) is 21.7 Å². The first-order valence-electron chi connectivity index (χ1n) is 7.89. The minimum Gasteiger partial charge on any atom is -0.492 e. The van der Waals surface area contributed by atoms with E-state index in [-0.39, 0.29) is 0 Å². The van der Waals surface area contributed by atoms with Crippen LogP contribution in [0.1, 0.15) is 5.56 Å². The van der Waals surface area contributed by atoms with Crippen molar-refractivity contribution in [3.63, 3.8) is 0 Å². The summed E-state index contributed by atoms with van der Waals surface area (Å²) < 4.78 is 8.02. The second-order valence-electron chi connectivity index (χ2n) is 5.58. The Kier molecular flexibility index (Phi) is 6.68. The molecule has 3 rings (SSSR count). The van der Waals surface area contributed by atoms with E-state index in [1.54, 1.807) is 6.20 Å². The molecule has 1 aromatic heterocycles. The molecule has 0 N–H and O–H groups in total. The van der Waals surface area contributed by atoms with Gasteiger partial charge >= 0.3 is 0 Å². The van der Waals surface area contributed by atoms with Gasteiger partial charge in [-0.1, -0.05) is 35.3 Å². The summed E-state index contributed by atoms with van der Waals surface area (Å²) in [6.07, 6.45) is 5.59. The van der Waals surface area contributed by atoms with Gasteiger partial charge in [0.15, 0.2) is 0 Å². The fourth-order valence-electron chi connectivity index (χ4n) is 2.30. The zero-order chi connectivity index (χ0) is 17.5. The monoisotopic (exact) mass is 392 g/mol. The van der Waals surface area contributed by atoms with Crippen LogP contribution in [0, 0.1) is 0 Å². The summed E-state index contributed by atoms with van der Waals surface area (Å²) in [6.45, 7) is 1.45. The number of halogens is 2. The van der Waals surface area contributed by atoms with Gasteiger partial charge in [0.25, 0.3) is 0 Å². The SMILES string of the molecule is Clc1ccc(CSC(COc2ccc(Cl)cc2)Cn2ccnc2)cc1. The normalized spacial score (nSPS) is 12.1. The van der Waals surface area contributed by atoms with Crippen molar-refractivity contribution < 1.29 is 4.74 Å². The Morgan fingerprint density at radius 3 is 2.32 bits per heavy atom. The number of ether oxygens (including phenoxy) is 1. The zero-order valence-corrected chi connectivity index (χ0v) is 15.8. The van der Waals surface area contributed by atoms with Crippen LogP contribution >= 0.6 is 35.0 Å². The van der Waals surface area contributed by atoms with Crippen LogP contribution in [-0.2, 0) is 12.3 Å². The quantitative estimate of drug-likeness (QED) is 0.501. The highest BCUT2D eigenvalue weighted by Crippen LogP contribution is 2.23. The summed E-state index contributed by atoms with van der Waals surface area (Å²) in [5.41, 5.74) is 1.25. The Bertz CT molecular complexity index is 712. The Balaban J connectivity index is 1.59. The van der Waals surface area contributed by atoms with Crippen molar-refractivity contribution >= 4 is 35.0 Å². The van der Waals surface area contributed by atoms with Crippen molar-refractivity contribution in [1.82, 2.24) is 9.55 Å². The van der Waals surface area contributed by atoms with Gasteiger partial charge in [-0.15, -0.1) is 11.8 Å². The average molecular weight is 393 g/mol. The Hall–Kier alpha value is -1.62. The lowest BCUT2D eigenvalue weighted by Crippen LogP contribution is -2.20. The molecule has 130 valence electrons. The van der Waals surface area contributed by atoms with E-state index in [0.29, 0.717) is 16.9 Å². The van der Waals surface area contributed by atoms with Gasteiger partial charge in [0, 0.05) is 34.7 Å². The maximum absolute atomic E-state index is 5.95. The molecule has 1 unspecified atom stereocenters. The van der Waals surface area contributed by atoms with Gasteiger partial charge in [-0.05, 0) is 42.0 Å². The van der Waals surface area contributed by atoms with Gasteiger partial charge < -0.3 is 9.30 Å². The highest BCUT2D eigenvalue weighted by atomic mass is 35.5. The molecule has 1 atom stereocenters. The first kappa shape index (κ1) is 18.2. The highest BCUT2D eigenvalue weighted by molar-refractivity contribution is 7.99. The fourth-order valence-corrected chi connectivity index (χ4v) is 3.61. The molecule has 1 heterocycles. The zero-order valence-electron chi connectivity index (χ0n) is 13.5. The van der Waals surface area contributed by atoms with Crippen LogP contribution in [0.3, 0.4) is 0 Å². The topological polar surface area (TPSA) is 27.1 Å². The molecule has 0 radical (unpaired) electrons. The lowest BCUT2D eigenvalue weighted by Gasteiger charge is -2.18. The molecule has 2 aromatic carbocycles. The number of aromatic nitrogens is 2. The third-order valence-corrected chi connectivity index (χ3v) is 5.38. The number of imidazole rings is 1. The predicted octanol–water partition coefficient (Wildman–Crippen LogP) is 5.57. The van der Waals surface area contributed by atoms with Crippen LogP contribution in [0.4, 0.5) is 0 Å². The second kappa shape index (κ2) is 9.18. The minimum absolute atomic E-state index is 0.292. The number of hydrogen-bond acceptors (Lipinski definition) is 3. The van der Waals surface area contributed by atoms with Crippen LogP contribution in [-0.4, -0.2) is 21.4 Å². The largest absolute Gasteiger partial charge is 0.492 e. The standard InChI is InChI=1S/C19H18Cl2N2OS/c20-16-3-1-15(2-4-16)13-25-19(11-23-10-9-22-14-23)12-24-18-7-5-17(21)6-8-18/h1-10,14,19H,11-13H2. The van der Waals surface area contributed by atoms with Crippen molar-refractivity contribution in [3.05, 3.63) is 82.9 Å². The van der Waals surface area contributed by atoms with Gasteiger partial charge in [-0.2, -0.15) is 0 Å². The molecule has 3 nitrogen and oxygen atoms in total. The summed E-state index contributed by atoms with van der Waals surface area (Å²) in [6, 6.07) is 15.4. The van der Waals surface area contributed by atoms with E-state index in [9.17, 15) is 0 Å². The van der Waals surface area contributed by atoms with Crippen molar-refractivity contribution in [1.29, 1.82) is 0 Å². The Labute approximate surface area is 161 Å². The third kappa shape index (κ3) is 5.99. The molecule has 0 aliphatic heterocycles. The van der Waals surface area contributed by atoms with Gasteiger partial charge in [0.1, 0.15) is 12.4 Å². The Morgan fingerprint density at radius 1 is 1.00 bits per heavy atom. The molecule has 0 bridgehead atoms. The molecular formula is C19H18Cl2N2OS. The van der Waals surface area contributed by atoms with Crippen LogP contribution in [0.15, 0.2) is 67.3 Å². The third-order valence-electron chi connectivity index (χ3n) is 3.62. The van der Waals surface area contributed by atoms with Crippen LogP contribution in [0.5, 0.6) is 5.75 Å². The average Bonchev–Trinajstić information content (AvgIpc) is 3.13. The molecule has 0 fully saturated rings. The number of nitrogens with zero attached hydrogens (tertiary/aromatic N) is 2. The molecule has 0 saturated heterocycles. The first-order chi connectivity index (χ1) is 12.2. The van der Waals surface area contributed by atoms with Gasteiger partial charge in [-0.3, -0.25) is 0 Å². The van der Waals surface area contributed by atoms with E-state index in [1.165, 1.54) is 5.56 Å². The summed E-state index contributed by atoms with van der Waals surface area (Å²) in [5.74, 6) is 1.73. The first-order valence-corrected chi connectivity index (χ1v) is 9.69. The fraction of sp³-hybridized carbons (Fsp3) is 0.211. The molecule has 0 aliphatic rings. The number of benzene rings is 2. The van der Waals surface area contributed by atoms with Crippen LogP contribution in [0.25, 0.3) is 0 Å². The smallest absolute Gasteiger partial charge is 0.119 e. The number of thioether (sulfide) groups is 1. The summed E-state index contributed by atoms with van der Waals surface area (Å²) in [5, 5.41) is 1.76. The van der Waals surface area contributed by atoms with E-state index in [0.717, 1.165) is 23.1 Å². The molecule has 0 amide bonds. The minimum atomic E-state index is 0.292. The molecule has 0 saturated carbocycles. The molecule has 6 heteroatoms. The lowest BCUT2D eigenvalue weighted by atomic mass is 10.2. The molecule has 25 heavy (non-hydrogen) atoms. The van der Waals surface area contributed by atoms with E-state index >= 15 is 0 Å². The maximum Gasteiger partial charge on any atom is 0.119 e. The molecular weight excluding hydrogens is 375 g/mol. The highest BCUT2D eigenvalue weighted by Gasteiger charge is 2.12. The predicted molar refractivity (Wildman–Crippen MR) is 106 cm³/mol. The van der Waals surface area contributed by atoms with E-state index < -0.39 is 0 Å². The van der Waals surface area contributed by atoms with Crippen LogP contribution < -0.4 is 4.74 Å². The molecule has 0 spiro atoms. The van der Waals surface area contributed by atoms with Crippen molar-refractivity contribution in [2.45, 2.75) is 17.5 Å². The summed E-state index contributed by atoms with van der Waals surface area (Å²) in [4.78, 5) is 4.11. The van der Waals surface area contributed by atoms with E-state index in [1.807, 2.05) is 60.7 Å². The number of rotatable bonds is 8. The maximum atomic E-state index is 5.95. The van der Waals surface area contributed by atoms with E-state index in [4.69, 9.17) is 27.9 Å². The van der Waals surface area contributed by atoms with Gasteiger partial charge in [0.05, 0.1) is 11.6 Å². The van der Waals surface area contributed by atoms with Gasteiger partial charge in [0.2, 0.25) is 0 Å². The lowest BCUT2D eigenvalue weighted by molar-refractivity contribution is 0.308. The number of hydrogen-bond donors (Lipinski definition) is 0. The summed E-state index contributed by atoms with van der Waals surface area (Å²) in [7, 11) is 0. The van der Waals surface area contributed by atoms with Gasteiger partial charge in [-0.25, -0.2) is 4.98 Å². The second-order valence-corrected chi connectivity index (χ2v) is 7.75. The van der Waals surface area contributed by atoms with Crippen LogP contribution in [0.2, 0.25) is 10.0 Å². The molecule has 3 aromatic rings. The Morgan fingerprint density at radius 2 is 1.68 bits per heavy atom. The van der Waals surface area contributed by atoms with Crippen molar-refractivity contribution in [3.8, 4) is 5.75 Å². The summed E-state index contributed by atoms with van der Waals surface area (Å²) >= 11 is 13.7.